The van der Waals surface area contributed by atoms with E-state index in [0.717, 1.165) is 25.8 Å². The van der Waals surface area contributed by atoms with E-state index in [-0.39, 0.29) is 17.4 Å². The van der Waals surface area contributed by atoms with Crippen LogP contribution in [0.15, 0.2) is 12.3 Å². The molecular weight excluding hydrogens is 274 g/mol. The number of hydrogen-bond acceptors (Lipinski definition) is 3. The number of anilines is 1. The van der Waals surface area contributed by atoms with Crippen LogP contribution < -0.4 is 10.6 Å². The summed E-state index contributed by atoms with van der Waals surface area (Å²) in [5.41, 5.74) is 0.677. The van der Waals surface area contributed by atoms with Crippen molar-refractivity contribution >= 4 is 23.3 Å². The topological polar surface area (TPSA) is 54.0 Å². The molecule has 0 radical (unpaired) electrons. The van der Waals surface area contributed by atoms with Gasteiger partial charge in [-0.25, -0.2) is 4.98 Å². The van der Waals surface area contributed by atoms with Crippen molar-refractivity contribution < 1.29 is 4.79 Å². The Morgan fingerprint density at radius 1 is 1.55 bits per heavy atom. The Morgan fingerprint density at radius 2 is 2.30 bits per heavy atom. The Balaban J connectivity index is 2.08. The molecule has 20 heavy (non-hydrogen) atoms. The molecule has 2 N–H and O–H groups in total. The molecule has 2 rings (SSSR count). The molecule has 1 aromatic rings. The minimum atomic E-state index is -0.0950. The predicted molar refractivity (Wildman–Crippen MR) is 82.3 cm³/mol. The lowest BCUT2D eigenvalue weighted by atomic mass is 9.87. The fourth-order valence-electron chi connectivity index (χ4n) is 2.70. The van der Waals surface area contributed by atoms with E-state index in [9.17, 15) is 4.79 Å². The second kappa shape index (κ2) is 6.00. The van der Waals surface area contributed by atoms with Crippen molar-refractivity contribution in [1.29, 1.82) is 0 Å². The van der Waals surface area contributed by atoms with E-state index in [1.54, 1.807) is 12.3 Å². The summed E-state index contributed by atoms with van der Waals surface area (Å²) in [6.07, 6.45) is 4.92. The third-order valence-corrected chi connectivity index (χ3v) is 4.30. The van der Waals surface area contributed by atoms with Crippen molar-refractivity contribution in [2.45, 2.75) is 46.1 Å². The first-order chi connectivity index (χ1) is 9.44. The maximum Gasteiger partial charge on any atom is 0.253 e. The predicted octanol–water partition coefficient (Wildman–Crippen LogP) is 3.48. The molecule has 110 valence electrons. The third kappa shape index (κ3) is 3.23. The maximum absolute atomic E-state index is 12.3. The zero-order valence-corrected chi connectivity index (χ0v) is 13.0. The number of aromatic nitrogens is 1. The number of nitrogens with zero attached hydrogens (tertiary/aromatic N) is 1. The summed E-state index contributed by atoms with van der Waals surface area (Å²) >= 11 is 6.12. The lowest BCUT2D eigenvalue weighted by Gasteiger charge is -2.27. The summed E-state index contributed by atoms with van der Waals surface area (Å²) in [4.78, 5) is 16.5. The molecule has 1 atom stereocenters. The Labute approximate surface area is 125 Å². The maximum atomic E-state index is 12.3. The van der Waals surface area contributed by atoms with Gasteiger partial charge in [0.25, 0.3) is 5.91 Å². The van der Waals surface area contributed by atoms with Crippen molar-refractivity contribution in [2.24, 2.45) is 5.41 Å². The molecule has 1 heterocycles. The molecule has 1 amide bonds. The summed E-state index contributed by atoms with van der Waals surface area (Å²) in [7, 11) is 0. The second-order valence-electron chi connectivity index (χ2n) is 5.99. The Hall–Kier alpha value is -1.29. The molecule has 0 bridgehead atoms. The molecular formula is C15H22ClN3O. The minimum absolute atomic E-state index is 0.0950. The van der Waals surface area contributed by atoms with Crippen LogP contribution in [0.1, 0.15) is 50.4 Å². The fraction of sp³-hybridized carbons (Fsp3) is 0.600. The highest BCUT2D eigenvalue weighted by molar-refractivity contribution is 6.33. The first-order valence-electron chi connectivity index (χ1n) is 7.14. The van der Waals surface area contributed by atoms with Gasteiger partial charge in [-0.2, -0.15) is 0 Å². The van der Waals surface area contributed by atoms with Gasteiger partial charge in [0.15, 0.2) is 0 Å². The number of carbonyl (C=O) groups excluding carboxylic acids is 1. The van der Waals surface area contributed by atoms with E-state index in [1.165, 1.54) is 0 Å². The van der Waals surface area contributed by atoms with Crippen LogP contribution in [0.2, 0.25) is 5.02 Å². The molecule has 4 nitrogen and oxygen atoms in total. The largest absolute Gasteiger partial charge is 0.369 e. The number of hydrogen-bond donors (Lipinski definition) is 2. The highest BCUT2D eigenvalue weighted by Gasteiger charge is 2.35. The summed E-state index contributed by atoms with van der Waals surface area (Å²) in [6.45, 7) is 7.12. The van der Waals surface area contributed by atoms with Gasteiger partial charge in [-0.1, -0.05) is 31.9 Å². The fourth-order valence-corrected chi connectivity index (χ4v) is 2.93. The Kier molecular flexibility index (Phi) is 4.53. The van der Waals surface area contributed by atoms with Gasteiger partial charge in [-0.3, -0.25) is 4.79 Å². The van der Waals surface area contributed by atoms with Gasteiger partial charge in [0.2, 0.25) is 0 Å². The molecule has 1 aliphatic carbocycles. The van der Waals surface area contributed by atoms with Crippen LogP contribution >= 0.6 is 11.6 Å². The van der Waals surface area contributed by atoms with Crippen LogP contribution in [0.4, 0.5) is 5.82 Å². The van der Waals surface area contributed by atoms with E-state index >= 15 is 0 Å². The van der Waals surface area contributed by atoms with Crippen LogP contribution in [-0.4, -0.2) is 23.5 Å². The lowest BCUT2D eigenvalue weighted by molar-refractivity contribution is 0.0909. The van der Waals surface area contributed by atoms with Gasteiger partial charge in [0.05, 0.1) is 10.6 Å². The van der Waals surface area contributed by atoms with Crippen LogP contribution in [0.25, 0.3) is 0 Å². The van der Waals surface area contributed by atoms with E-state index in [1.807, 2.05) is 6.92 Å². The first-order valence-corrected chi connectivity index (χ1v) is 7.52. The van der Waals surface area contributed by atoms with Crippen molar-refractivity contribution in [3.05, 3.63) is 22.8 Å². The average molecular weight is 296 g/mol. The smallest absolute Gasteiger partial charge is 0.253 e. The molecule has 0 aliphatic heterocycles. The molecule has 0 aromatic carbocycles. The van der Waals surface area contributed by atoms with Crippen LogP contribution in [-0.2, 0) is 0 Å². The van der Waals surface area contributed by atoms with Gasteiger partial charge in [0, 0.05) is 18.8 Å². The number of nitrogens with one attached hydrogen (secondary N) is 2. The van der Waals surface area contributed by atoms with Gasteiger partial charge in [0.1, 0.15) is 5.82 Å². The number of carbonyl (C=O) groups is 1. The van der Waals surface area contributed by atoms with Crippen molar-refractivity contribution in [2.75, 3.05) is 11.9 Å². The summed E-state index contributed by atoms with van der Waals surface area (Å²) in [6, 6.07) is 1.89. The van der Waals surface area contributed by atoms with Crippen molar-refractivity contribution in [1.82, 2.24) is 10.3 Å². The van der Waals surface area contributed by atoms with Crippen molar-refractivity contribution in [3.63, 3.8) is 0 Å². The van der Waals surface area contributed by atoms with Gasteiger partial charge < -0.3 is 10.6 Å². The SMILES string of the molecule is CCNc1ncc(C(=O)NC2CCCC2(C)C)cc1Cl. The average Bonchev–Trinajstić information content (AvgIpc) is 2.71. The molecule has 0 saturated heterocycles. The quantitative estimate of drug-likeness (QED) is 0.894. The van der Waals surface area contributed by atoms with Gasteiger partial charge in [-0.15, -0.1) is 0 Å². The summed E-state index contributed by atoms with van der Waals surface area (Å²) in [5, 5.41) is 6.64. The normalized spacial score (nSPS) is 20.7. The second-order valence-corrected chi connectivity index (χ2v) is 6.40. The van der Waals surface area contributed by atoms with Gasteiger partial charge >= 0.3 is 0 Å². The standard InChI is InChI=1S/C15H22ClN3O/c1-4-17-13-11(16)8-10(9-18-13)14(20)19-12-6-5-7-15(12,2)3/h8-9,12H,4-7H2,1-3H3,(H,17,18)(H,19,20). The molecule has 1 aromatic heterocycles. The van der Waals surface area contributed by atoms with E-state index < -0.39 is 0 Å². The minimum Gasteiger partial charge on any atom is -0.369 e. The summed E-state index contributed by atoms with van der Waals surface area (Å²) < 4.78 is 0. The lowest BCUT2D eigenvalue weighted by Crippen LogP contribution is -2.41. The van der Waals surface area contributed by atoms with Gasteiger partial charge in [-0.05, 0) is 31.2 Å². The molecule has 1 unspecified atom stereocenters. The number of rotatable bonds is 4. The monoisotopic (exact) mass is 295 g/mol. The molecule has 0 spiro atoms. The third-order valence-electron chi connectivity index (χ3n) is 4.01. The Bertz CT molecular complexity index is 502. The van der Waals surface area contributed by atoms with Crippen molar-refractivity contribution in [3.8, 4) is 0 Å². The molecule has 5 heteroatoms. The van der Waals surface area contributed by atoms with E-state index in [4.69, 9.17) is 11.6 Å². The molecule has 1 aliphatic rings. The first kappa shape index (κ1) is 15.1. The number of pyridine rings is 1. The van der Waals surface area contributed by atoms with Crippen LogP contribution in [0.3, 0.4) is 0 Å². The number of amides is 1. The summed E-state index contributed by atoms with van der Waals surface area (Å²) in [5.74, 6) is 0.523. The zero-order chi connectivity index (χ0) is 14.8. The highest BCUT2D eigenvalue weighted by atomic mass is 35.5. The van der Waals surface area contributed by atoms with E-state index in [2.05, 4.69) is 29.5 Å². The molecule has 1 fully saturated rings. The number of halogens is 1. The zero-order valence-electron chi connectivity index (χ0n) is 12.3. The molecule has 1 saturated carbocycles. The highest BCUT2D eigenvalue weighted by Crippen LogP contribution is 2.37. The van der Waals surface area contributed by atoms with Crippen LogP contribution in [0.5, 0.6) is 0 Å². The van der Waals surface area contributed by atoms with Crippen LogP contribution in [0, 0.1) is 5.41 Å². The Morgan fingerprint density at radius 3 is 2.85 bits per heavy atom. The van der Waals surface area contributed by atoms with E-state index in [0.29, 0.717) is 16.4 Å².